The van der Waals surface area contributed by atoms with Crippen molar-refractivity contribution in [1.29, 1.82) is 0 Å². The number of carbonyl (C=O) groups is 1. The van der Waals surface area contributed by atoms with E-state index in [1.807, 2.05) is 12.1 Å². The lowest BCUT2D eigenvalue weighted by Crippen LogP contribution is -2.43. The molecular weight excluding hydrogens is 202 g/mol. The number of carbonyl (C=O) groups excluding carboxylic acids is 1. The molecule has 0 spiro atoms. The molecule has 0 saturated carbocycles. The first-order valence-electron chi connectivity index (χ1n) is 5.56. The quantitative estimate of drug-likeness (QED) is 0.802. The lowest BCUT2D eigenvalue weighted by atomic mass is 10.1. The zero-order chi connectivity index (χ0) is 11.5. The Labute approximate surface area is 95.4 Å². The van der Waals surface area contributed by atoms with Crippen LogP contribution < -0.4 is 16.0 Å². The highest BCUT2D eigenvalue weighted by atomic mass is 16.1. The Morgan fingerprint density at radius 2 is 2.31 bits per heavy atom. The molecular formula is C12H17N3O. The SMILES string of the molecule is CC1CNc2ccccc2N1CCC(N)=O. The number of benzene rings is 1. The summed E-state index contributed by atoms with van der Waals surface area (Å²) in [6, 6.07) is 8.52. The number of amides is 1. The van der Waals surface area contributed by atoms with Crippen LogP contribution in [0.2, 0.25) is 0 Å². The Morgan fingerprint density at radius 1 is 1.56 bits per heavy atom. The second-order valence-corrected chi connectivity index (χ2v) is 4.16. The van der Waals surface area contributed by atoms with Crippen LogP contribution in [-0.2, 0) is 4.79 Å². The lowest BCUT2D eigenvalue weighted by Gasteiger charge is -2.37. The van der Waals surface area contributed by atoms with E-state index in [9.17, 15) is 4.79 Å². The maximum absolute atomic E-state index is 10.8. The van der Waals surface area contributed by atoms with E-state index in [4.69, 9.17) is 5.73 Å². The van der Waals surface area contributed by atoms with Gasteiger partial charge in [-0.1, -0.05) is 12.1 Å². The average molecular weight is 219 g/mol. The van der Waals surface area contributed by atoms with Gasteiger partial charge in [0.15, 0.2) is 0 Å². The molecule has 1 aliphatic heterocycles. The Balaban J connectivity index is 2.19. The van der Waals surface area contributed by atoms with Crippen LogP contribution in [0.5, 0.6) is 0 Å². The molecule has 0 bridgehead atoms. The van der Waals surface area contributed by atoms with Crippen LogP contribution in [0.25, 0.3) is 0 Å². The van der Waals surface area contributed by atoms with Gasteiger partial charge in [-0.2, -0.15) is 0 Å². The summed E-state index contributed by atoms with van der Waals surface area (Å²) in [6.07, 6.45) is 0.401. The molecule has 0 fully saturated rings. The normalized spacial score (nSPS) is 18.8. The molecule has 1 unspecified atom stereocenters. The third-order valence-corrected chi connectivity index (χ3v) is 2.93. The molecule has 16 heavy (non-hydrogen) atoms. The van der Waals surface area contributed by atoms with E-state index in [2.05, 4.69) is 29.3 Å². The zero-order valence-electron chi connectivity index (χ0n) is 9.44. The second kappa shape index (κ2) is 4.43. The van der Waals surface area contributed by atoms with Crippen molar-refractivity contribution >= 4 is 17.3 Å². The summed E-state index contributed by atoms with van der Waals surface area (Å²) in [5.74, 6) is -0.247. The fourth-order valence-corrected chi connectivity index (χ4v) is 2.05. The van der Waals surface area contributed by atoms with Crippen molar-refractivity contribution in [3.63, 3.8) is 0 Å². The van der Waals surface area contributed by atoms with E-state index in [1.165, 1.54) is 0 Å². The minimum atomic E-state index is -0.247. The summed E-state index contributed by atoms with van der Waals surface area (Å²) >= 11 is 0. The molecule has 0 radical (unpaired) electrons. The summed E-state index contributed by atoms with van der Waals surface area (Å²) in [4.78, 5) is 13.1. The minimum absolute atomic E-state index is 0.247. The van der Waals surface area contributed by atoms with Gasteiger partial charge in [-0.05, 0) is 19.1 Å². The molecule has 1 amide bonds. The first kappa shape index (κ1) is 10.8. The van der Waals surface area contributed by atoms with Gasteiger partial charge < -0.3 is 16.0 Å². The third-order valence-electron chi connectivity index (χ3n) is 2.93. The molecule has 0 saturated heterocycles. The third kappa shape index (κ3) is 2.10. The molecule has 1 atom stereocenters. The van der Waals surface area contributed by atoms with E-state index in [1.54, 1.807) is 0 Å². The highest BCUT2D eigenvalue weighted by Gasteiger charge is 2.22. The van der Waals surface area contributed by atoms with Crippen LogP contribution in [0.15, 0.2) is 24.3 Å². The molecule has 1 aliphatic rings. The Morgan fingerprint density at radius 3 is 3.06 bits per heavy atom. The van der Waals surface area contributed by atoms with Crippen molar-refractivity contribution in [2.24, 2.45) is 5.73 Å². The fraction of sp³-hybridized carbons (Fsp3) is 0.417. The van der Waals surface area contributed by atoms with Gasteiger partial charge in [-0.25, -0.2) is 0 Å². The number of fused-ring (bicyclic) bond motifs is 1. The predicted molar refractivity (Wildman–Crippen MR) is 65.6 cm³/mol. The van der Waals surface area contributed by atoms with Gasteiger partial charge in [0.1, 0.15) is 0 Å². The molecule has 3 N–H and O–H groups in total. The van der Waals surface area contributed by atoms with E-state index >= 15 is 0 Å². The summed E-state index contributed by atoms with van der Waals surface area (Å²) in [7, 11) is 0. The maximum atomic E-state index is 10.8. The zero-order valence-corrected chi connectivity index (χ0v) is 9.44. The molecule has 2 rings (SSSR count). The Bertz CT molecular complexity index is 392. The van der Waals surface area contributed by atoms with Crippen molar-refractivity contribution < 1.29 is 4.79 Å². The highest BCUT2D eigenvalue weighted by molar-refractivity contribution is 5.76. The van der Waals surface area contributed by atoms with E-state index in [0.29, 0.717) is 19.0 Å². The van der Waals surface area contributed by atoms with Crippen molar-refractivity contribution in [2.45, 2.75) is 19.4 Å². The van der Waals surface area contributed by atoms with E-state index in [0.717, 1.165) is 17.9 Å². The standard InChI is InChI=1S/C12H17N3O/c1-9-8-14-10-4-2-3-5-11(10)15(9)7-6-12(13)16/h2-5,9,14H,6-8H2,1H3,(H2,13,16). The second-order valence-electron chi connectivity index (χ2n) is 4.16. The number of nitrogens with zero attached hydrogens (tertiary/aromatic N) is 1. The summed E-state index contributed by atoms with van der Waals surface area (Å²) in [5, 5.41) is 3.37. The van der Waals surface area contributed by atoms with Crippen LogP contribution in [0.4, 0.5) is 11.4 Å². The topological polar surface area (TPSA) is 58.4 Å². The maximum Gasteiger partial charge on any atom is 0.219 e. The van der Waals surface area contributed by atoms with Crippen LogP contribution >= 0.6 is 0 Å². The number of rotatable bonds is 3. The molecule has 1 heterocycles. The fourth-order valence-electron chi connectivity index (χ4n) is 2.05. The molecule has 0 aromatic heterocycles. The van der Waals surface area contributed by atoms with Gasteiger partial charge >= 0.3 is 0 Å². The Kier molecular flexibility index (Phi) is 2.99. The Hall–Kier alpha value is -1.71. The first-order chi connectivity index (χ1) is 7.68. The van der Waals surface area contributed by atoms with Gasteiger partial charge in [0.2, 0.25) is 5.91 Å². The van der Waals surface area contributed by atoms with Crippen molar-refractivity contribution in [2.75, 3.05) is 23.3 Å². The molecule has 4 nitrogen and oxygen atoms in total. The number of nitrogens with one attached hydrogen (secondary N) is 1. The predicted octanol–water partition coefficient (Wildman–Crippen LogP) is 1.18. The van der Waals surface area contributed by atoms with Gasteiger partial charge in [0.05, 0.1) is 11.4 Å². The molecule has 4 heteroatoms. The van der Waals surface area contributed by atoms with Gasteiger partial charge in [-0.3, -0.25) is 4.79 Å². The van der Waals surface area contributed by atoms with Crippen LogP contribution in [0.3, 0.4) is 0 Å². The molecule has 1 aromatic rings. The highest BCUT2D eigenvalue weighted by Crippen LogP contribution is 2.30. The number of nitrogens with two attached hydrogens (primary N) is 1. The van der Waals surface area contributed by atoms with Gasteiger partial charge in [0, 0.05) is 25.6 Å². The van der Waals surface area contributed by atoms with Crippen LogP contribution in [-0.4, -0.2) is 25.0 Å². The number of primary amides is 1. The van der Waals surface area contributed by atoms with E-state index < -0.39 is 0 Å². The molecule has 1 aromatic carbocycles. The van der Waals surface area contributed by atoms with Gasteiger partial charge in [-0.15, -0.1) is 0 Å². The summed E-state index contributed by atoms with van der Waals surface area (Å²) in [5.41, 5.74) is 7.48. The minimum Gasteiger partial charge on any atom is -0.381 e. The van der Waals surface area contributed by atoms with Gasteiger partial charge in [0.25, 0.3) is 0 Å². The lowest BCUT2D eigenvalue weighted by molar-refractivity contribution is -0.117. The number of hydrogen-bond acceptors (Lipinski definition) is 3. The van der Waals surface area contributed by atoms with Crippen molar-refractivity contribution in [1.82, 2.24) is 0 Å². The number of para-hydroxylation sites is 2. The van der Waals surface area contributed by atoms with E-state index in [-0.39, 0.29) is 5.91 Å². The molecule has 86 valence electrons. The summed E-state index contributed by atoms with van der Waals surface area (Å²) < 4.78 is 0. The molecule has 0 aliphatic carbocycles. The average Bonchev–Trinajstić information content (AvgIpc) is 2.27. The summed E-state index contributed by atoms with van der Waals surface area (Å²) in [6.45, 7) is 3.73. The van der Waals surface area contributed by atoms with Crippen molar-refractivity contribution in [3.8, 4) is 0 Å². The largest absolute Gasteiger partial charge is 0.381 e. The monoisotopic (exact) mass is 219 g/mol. The smallest absolute Gasteiger partial charge is 0.219 e. The first-order valence-corrected chi connectivity index (χ1v) is 5.56. The van der Waals surface area contributed by atoms with Crippen molar-refractivity contribution in [3.05, 3.63) is 24.3 Å². The van der Waals surface area contributed by atoms with Crippen LogP contribution in [0.1, 0.15) is 13.3 Å². The van der Waals surface area contributed by atoms with Crippen LogP contribution in [0, 0.1) is 0 Å². The number of anilines is 2. The number of hydrogen-bond donors (Lipinski definition) is 2.